The number of hydrogen-bond donors (Lipinski definition) is 1. The number of methoxy groups -OCH3 is 2. The number of nitro benzene ring substituents is 1. The Morgan fingerprint density at radius 2 is 1.30 bits per heavy atom. The van der Waals surface area contributed by atoms with Gasteiger partial charge in [0.25, 0.3) is 5.69 Å². The van der Waals surface area contributed by atoms with Crippen molar-refractivity contribution < 1.29 is 40.7 Å². The molecule has 0 saturated heterocycles. The van der Waals surface area contributed by atoms with Crippen LogP contribution in [0.15, 0.2) is 48.5 Å². The summed E-state index contributed by atoms with van der Waals surface area (Å²) in [5.41, 5.74) is 4.98. The van der Waals surface area contributed by atoms with Crippen LogP contribution in [0.4, 0.5) is 37.7 Å². The Kier molecular flexibility index (Phi) is 8.61. The molecule has 166 valence electrons. The third-order valence-electron chi connectivity index (χ3n) is 3.66. The molecule has 2 aromatic rings. The van der Waals surface area contributed by atoms with Gasteiger partial charge in [0.15, 0.2) is 12.2 Å². The van der Waals surface area contributed by atoms with Crippen LogP contribution in [0, 0.1) is 10.1 Å². The van der Waals surface area contributed by atoms with Gasteiger partial charge in [-0.05, 0) is 23.3 Å². The lowest BCUT2D eigenvalue weighted by Gasteiger charge is -2.19. The third kappa shape index (κ3) is 7.19. The number of hydrogen-bond acceptors (Lipinski definition) is 5. The minimum atomic E-state index is -4.59. The fraction of sp³-hybridized carbons (Fsp3) is 0.333. The van der Waals surface area contributed by atoms with E-state index in [0.717, 1.165) is 32.4 Å². The molecule has 0 spiro atoms. The average molecular weight is 440 g/mol. The minimum absolute atomic E-state index is 0.0139. The van der Waals surface area contributed by atoms with E-state index in [1.165, 1.54) is 30.3 Å². The Morgan fingerprint density at radius 1 is 0.867 bits per heavy atom. The first kappa shape index (κ1) is 25.2. The molecule has 2 aromatic carbocycles. The molecule has 6 nitrogen and oxygen atoms in total. The van der Waals surface area contributed by atoms with Crippen molar-refractivity contribution in [1.82, 2.24) is 0 Å². The lowest BCUT2D eigenvalue weighted by molar-refractivity contribution is -0.385. The topological polar surface area (TPSA) is 87.6 Å². The first-order valence-corrected chi connectivity index (χ1v) is 8.10. The summed E-state index contributed by atoms with van der Waals surface area (Å²) in [6.45, 7) is 0. The quantitative estimate of drug-likeness (QED) is 0.293. The molecular formula is C18H18F6N2O4. The van der Waals surface area contributed by atoms with Crippen LogP contribution in [-0.4, -0.2) is 31.5 Å². The molecule has 30 heavy (non-hydrogen) atoms. The number of nitrogens with zero attached hydrogens (tertiary/aromatic N) is 1. The summed E-state index contributed by atoms with van der Waals surface area (Å²) in [6.07, 6.45) is -13.1. The molecule has 0 fully saturated rings. The Bertz CT molecular complexity index is 842. The van der Waals surface area contributed by atoms with Gasteiger partial charge in [0.1, 0.15) is 0 Å². The molecule has 0 aliphatic heterocycles. The van der Waals surface area contributed by atoms with Gasteiger partial charge in [-0.1, -0.05) is 24.3 Å². The summed E-state index contributed by atoms with van der Waals surface area (Å²) in [7, 11) is 1.92. The van der Waals surface area contributed by atoms with E-state index < -0.39 is 35.2 Å². The number of nitro groups is 1. The van der Waals surface area contributed by atoms with E-state index >= 15 is 0 Å². The highest BCUT2D eigenvalue weighted by atomic mass is 19.4. The van der Waals surface area contributed by atoms with E-state index in [-0.39, 0.29) is 16.8 Å². The van der Waals surface area contributed by atoms with E-state index in [9.17, 15) is 36.5 Å². The van der Waals surface area contributed by atoms with Crippen molar-refractivity contribution in [3.8, 4) is 0 Å². The number of nitrogen functional groups attached to an aromatic ring is 1. The van der Waals surface area contributed by atoms with Crippen LogP contribution in [0.2, 0.25) is 0 Å². The number of nitrogens with two attached hydrogens (primary N) is 1. The average Bonchev–Trinajstić information content (AvgIpc) is 2.61. The van der Waals surface area contributed by atoms with Crippen LogP contribution in [0.25, 0.3) is 0 Å². The predicted molar refractivity (Wildman–Crippen MR) is 95.6 cm³/mol. The van der Waals surface area contributed by atoms with Gasteiger partial charge >= 0.3 is 12.4 Å². The maximum Gasteiger partial charge on any atom is 0.418 e. The lowest BCUT2D eigenvalue weighted by Crippen LogP contribution is -2.22. The van der Waals surface area contributed by atoms with Gasteiger partial charge in [-0.25, -0.2) is 0 Å². The van der Waals surface area contributed by atoms with E-state index in [1.54, 1.807) is 0 Å². The molecule has 12 heteroatoms. The van der Waals surface area contributed by atoms with Gasteiger partial charge in [0.2, 0.25) is 0 Å². The summed E-state index contributed by atoms with van der Waals surface area (Å²) < 4.78 is 83.1. The monoisotopic (exact) mass is 440 g/mol. The van der Waals surface area contributed by atoms with Crippen molar-refractivity contribution >= 4 is 11.4 Å². The first-order chi connectivity index (χ1) is 13.8. The third-order valence-corrected chi connectivity index (χ3v) is 3.66. The summed E-state index contributed by atoms with van der Waals surface area (Å²) in [6, 6.07) is 9.85. The smallest absolute Gasteiger partial charge is 0.399 e. The Morgan fingerprint density at radius 3 is 1.67 bits per heavy atom. The number of ether oxygens (including phenoxy) is 2. The molecule has 0 aliphatic rings. The Hall–Kier alpha value is -2.86. The predicted octanol–water partition coefficient (Wildman–Crippen LogP) is 5.36. The minimum Gasteiger partial charge on any atom is -0.399 e. The molecule has 0 saturated carbocycles. The fourth-order valence-electron chi connectivity index (χ4n) is 2.44. The molecule has 0 amide bonds. The summed E-state index contributed by atoms with van der Waals surface area (Å²) >= 11 is 0. The second-order valence-electron chi connectivity index (χ2n) is 5.84. The molecular weight excluding hydrogens is 422 g/mol. The number of non-ortho nitro benzene ring substituents is 1. The van der Waals surface area contributed by atoms with Crippen LogP contribution in [-0.2, 0) is 9.47 Å². The van der Waals surface area contributed by atoms with Crippen LogP contribution < -0.4 is 5.73 Å². The lowest BCUT2D eigenvalue weighted by atomic mass is 10.1. The van der Waals surface area contributed by atoms with Crippen LogP contribution in [0.5, 0.6) is 0 Å². The molecule has 0 aromatic heterocycles. The van der Waals surface area contributed by atoms with E-state index in [1.807, 2.05) is 0 Å². The number of rotatable bonds is 5. The number of halogens is 6. The molecule has 2 rings (SSSR count). The number of anilines is 1. The van der Waals surface area contributed by atoms with Crippen molar-refractivity contribution in [1.29, 1.82) is 0 Å². The van der Waals surface area contributed by atoms with Crippen LogP contribution >= 0.6 is 0 Å². The van der Waals surface area contributed by atoms with Gasteiger partial charge < -0.3 is 15.2 Å². The maximum atomic E-state index is 12.4. The summed E-state index contributed by atoms with van der Waals surface area (Å²) in [5, 5.41) is 10.4. The van der Waals surface area contributed by atoms with E-state index in [2.05, 4.69) is 9.47 Å². The van der Waals surface area contributed by atoms with Gasteiger partial charge in [0.05, 0.1) is 4.92 Å². The summed E-state index contributed by atoms with van der Waals surface area (Å²) in [5.74, 6) is 0. The largest absolute Gasteiger partial charge is 0.418 e. The van der Waals surface area contributed by atoms with Crippen LogP contribution in [0.1, 0.15) is 23.3 Å². The number of benzene rings is 2. The molecule has 2 atom stereocenters. The molecule has 0 heterocycles. The fourth-order valence-corrected chi connectivity index (χ4v) is 2.44. The molecule has 0 radical (unpaired) electrons. The molecule has 0 bridgehead atoms. The van der Waals surface area contributed by atoms with Crippen LogP contribution in [0.3, 0.4) is 0 Å². The van der Waals surface area contributed by atoms with Crippen molar-refractivity contribution in [2.45, 2.75) is 24.6 Å². The zero-order valence-corrected chi connectivity index (χ0v) is 15.7. The van der Waals surface area contributed by atoms with Gasteiger partial charge in [-0.3, -0.25) is 10.1 Å². The zero-order valence-electron chi connectivity index (χ0n) is 15.7. The van der Waals surface area contributed by atoms with Crippen molar-refractivity contribution in [2.24, 2.45) is 0 Å². The maximum absolute atomic E-state index is 12.4. The highest BCUT2D eigenvalue weighted by Gasteiger charge is 2.42. The van der Waals surface area contributed by atoms with E-state index in [0.29, 0.717) is 0 Å². The standard InChI is InChI=1S/C9H8F3NO3.C9H10F3NO/c1-16-8(9(10,11)12)6-3-2-4-7(5-6)13(14)15;1-14-8(9(10,11)12)6-3-2-4-7(13)5-6/h2-5,8H,1H3;2-5,8H,13H2,1H3. The second-order valence-corrected chi connectivity index (χ2v) is 5.84. The molecule has 2 N–H and O–H groups in total. The van der Waals surface area contributed by atoms with Crippen molar-refractivity contribution in [3.63, 3.8) is 0 Å². The highest BCUT2D eigenvalue weighted by molar-refractivity contribution is 5.41. The second kappa shape index (κ2) is 10.3. The van der Waals surface area contributed by atoms with Gasteiger partial charge in [-0.2, -0.15) is 26.3 Å². The number of alkyl halides is 6. The Labute approximate surface area is 167 Å². The highest BCUT2D eigenvalue weighted by Crippen LogP contribution is 2.36. The van der Waals surface area contributed by atoms with E-state index in [4.69, 9.17) is 5.73 Å². The zero-order chi connectivity index (χ0) is 23.1. The summed E-state index contributed by atoms with van der Waals surface area (Å²) in [4.78, 5) is 9.64. The first-order valence-electron chi connectivity index (χ1n) is 8.10. The normalized spacial score (nSPS) is 13.7. The van der Waals surface area contributed by atoms with Crippen molar-refractivity contribution in [3.05, 3.63) is 69.8 Å². The van der Waals surface area contributed by atoms with Gasteiger partial charge in [-0.15, -0.1) is 0 Å². The molecule has 2 unspecified atom stereocenters. The molecule has 0 aliphatic carbocycles. The Balaban J connectivity index is 0.000000303. The van der Waals surface area contributed by atoms with Gasteiger partial charge in [0, 0.05) is 32.0 Å². The SMILES string of the molecule is COC(c1cccc(N)c1)C(F)(F)F.COC(c1cccc([N+](=O)[O-])c1)C(F)(F)F. The van der Waals surface area contributed by atoms with Crippen molar-refractivity contribution in [2.75, 3.05) is 20.0 Å².